The summed E-state index contributed by atoms with van der Waals surface area (Å²) in [5.41, 5.74) is 0.727. The normalized spacial score (nSPS) is 13.3. The second-order valence-electron chi connectivity index (χ2n) is 6.28. The van der Waals surface area contributed by atoms with Crippen molar-refractivity contribution in [2.24, 2.45) is 0 Å². The molecule has 0 spiro atoms. The highest BCUT2D eigenvalue weighted by Gasteiger charge is 2.27. The third kappa shape index (κ3) is 5.15. The Morgan fingerprint density at radius 1 is 1.30 bits per heavy atom. The van der Waals surface area contributed by atoms with Crippen molar-refractivity contribution >= 4 is 34.5 Å². The van der Waals surface area contributed by atoms with Gasteiger partial charge in [-0.2, -0.15) is 0 Å². The number of benzene rings is 1. The molecule has 1 unspecified atom stereocenters. The third-order valence-corrected chi connectivity index (χ3v) is 5.38. The van der Waals surface area contributed by atoms with Crippen LogP contribution in [0.4, 0.5) is 5.69 Å². The van der Waals surface area contributed by atoms with Gasteiger partial charge in [-0.05, 0) is 49.1 Å². The molecular weight excluding hydrogens is 384 g/mol. The fourth-order valence-electron chi connectivity index (χ4n) is 2.77. The minimum Gasteiger partial charge on any atom is -0.414 e. The lowest BCUT2D eigenvalue weighted by molar-refractivity contribution is -0.928. The fraction of sp³-hybridized carbons (Fsp3) is 0.316. The maximum absolute atomic E-state index is 12.7. The fourth-order valence-corrected chi connectivity index (χ4v) is 3.54. The lowest BCUT2D eigenvalue weighted by Gasteiger charge is -2.23. The monoisotopic (exact) mass is 405 g/mol. The van der Waals surface area contributed by atoms with Crippen molar-refractivity contribution in [2.45, 2.75) is 32.9 Å². The molecule has 2 aromatic heterocycles. The maximum Gasteiger partial charge on any atom is 0.282 e. The van der Waals surface area contributed by atoms with Gasteiger partial charge >= 0.3 is 0 Å². The van der Waals surface area contributed by atoms with Crippen molar-refractivity contribution in [2.75, 3.05) is 11.9 Å². The molecule has 142 valence electrons. The summed E-state index contributed by atoms with van der Waals surface area (Å²) in [4.78, 5) is 14.7. The number of aromatic nitrogens is 2. The van der Waals surface area contributed by atoms with E-state index < -0.39 is 0 Å². The highest BCUT2D eigenvalue weighted by Crippen LogP contribution is 2.22. The maximum atomic E-state index is 12.7. The van der Waals surface area contributed by atoms with Gasteiger partial charge in [0.25, 0.3) is 17.7 Å². The number of thiophene rings is 1. The molecular formula is C19H22ClN4O2S+. The van der Waals surface area contributed by atoms with Crippen molar-refractivity contribution in [3.8, 4) is 10.8 Å². The Labute approximate surface area is 167 Å². The first kappa shape index (κ1) is 19.5. The van der Waals surface area contributed by atoms with Crippen LogP contribution < -0.4 is 10.2 Å². The van der Waals surface area contributed by atoms with Crippen LogP contribution in [0.2, 0.25) is 5.02 Å². The van der Waals surface area contributed by atoms with Gasteiger partial charge in [0.1, 0.15) is 0 Å². The minimum atomic E-state index is -0.266. The Balaban J connectivity index is 1.66. The number of nitrogens with zero attached hydrogens (tertiary/aromatic N) is 2. The topological polar surface area (TPSA) is 72.5 Å². The molecule has 8 heteroatoms. The van der Waals surface area contributed by atoms with Gasteiger partial charge in [0.15, 0.2) is 12.6 Å². The largest absolute Gasteiger partial charge is 0.414 e. The zero-order chi connectivity index (χ0) is 19.2. The molecule has 1 aromatic carbocycles. The van der Waals surface area contributed by atoms with Crippen LogP contribution in [0.15, 0.2) is 46.2 Å². The zero-order valence-corrected chi connectivity index (χ0v) is 16.8. The molecule has 2 atom stereocenters. The minimum absolute atomic E-state index is 0.0567. The summed E-state index contributed by atoms with van der Waals surface area (Å²) in [6.45, 7) is 5.33. The number of hydrogen-bond donors (Lipinski definition) is 2. The van der Waals surface area contributed by atoms with E-state index in [4.69, 9.17) is 16.0 Å². The van der Waals surface area contributed by atoms with Crippen LogP contribution in [0.3, 0.4) is 0 Å². The van der Waals surface area contributed by atoms with E-state index in [2.05, 4.69) is 22.4 Å². The van der Waals surface area contributed by atoms with Gasteiger partial charge in [0.05, 0.1) is 11.4 Å². The second-order valence-corrected chi connectivity index (χ2v) is 7.67. The van der Waals surface area contributed by atoms with Crippen LogP contribution >= 0.6 is 22.9 Å². The molecule has 3 rings (SSSR count). The van der Waals surface area contributed by atoms with Crippen molar-refractivity contribution < 1.29 is 14.1 Å². The summed E-state index contributed by atoms with van der Waals surface area (Å²) < 4.78 is 5.79. The second kappa shape index (κ2) is 9.12. The van der Waals surface area contributed by atoms with E-state index in [0.29, 0.717) is 23.3 Å². The lowest BCUT2D eigenvalue weighted by Crippen LogP contribution is -3.15. The molecule has 0 bridgehead atoms. The van der Waals surface area contributed by atoms with Crippen molar-refractivity contribution in [1.29, 1.82) is 0 Å². The van der Waals surface area contributed by atoms with Crippen molar-refractivity contribution in [3.63, 3.8) is 0 Å². The van der Waals surface area contributed by atoms with Gasteiger partial charge in [-0.1, -0.05) is 24.6 Å². The van der Waals surface area contributed by atoms with E-state index >= 15 is 0 Å². The van der Waals surface area contributed by atoms with Crippen LogP contribution in [-0.4, -0.2) is 28.7 Å². The first-order valence-electron chi connectivity index (χ1n) is 8.84. The molecule has 0 saturated heterocycles. The van der Waals surface area contributed by atoms with E-state index in [1.165, 1.54) is 0 Å². The Kier molecular flexibility index (Phi) is 6.60. The summed E-state index contributed by atoms with van der Waals surface area (Å²) in [5, 5.41) is 13.8. The quantitative estimate of drug-likeness (QED) is 0.603. The van der Waals surface area contributed by atoms with E-state index in [0.717, 1.165) is 28.4 Å². The highest BCUT2D eigenvalue weighted by atomic mass is 35.5. The van der Waals surface area contributed by atoms with Gasteiger partial charge in [-0.25, -0.2) is 0 Å². The number of quaternary nitrogens is 1. The molecule has 1 amide bonds. The van der Waals surface area contributed by atoms with Crippen LogP contribution in [0.25, 0.3) is 10.8 Å². The standard InChI is InChI=1S/C19H21ClN4O2S/c1-3-10-24(12-17-22-23-19(26-17)16-5-4-11-27-16)13(2)18(25)21-15-8-6-14(20)7-9-15/h4-9,11,13H,3,10,12H2,1-2H3,(H,21,25)/p+1/t13-/m1/s1. The van der Waals surface area contributed by atoms with Gasteiger partial charge in [0, 0.05) is 10.7 Å². The van der Waals surface area contributed by atoms with Gasteiger partial charge in [-0.15, -0.1) is 21.5 Å². The molecule has 27 heavy (non-hydrogen) atoms. The summed E-state index contributed by atoms with van der Waals surface area (Å²) in [5.74, 6) is 1.00. The summed E-state index contributed by atoms with van der Waals surface area (Å²) in [7, 11) is 0. The molecule has 3 aromatic rings. The number of rotatable bonds is 8. The van der Waals surface area contributed by atoms with Crippen LogP contribution in [-0.2, 0) is 11.3 Å². The smallest absolute Gasteiger partial charge is 0.282 e. The molecule has 6 nitrogen and oxygen atoms in total. The van der Waals surface area contributed by atoms with Crippen molar-refractivity contribution in [3.05, 3.63) is 52.7 Å². The van der Waals surface area contributed by atoms with Crippen LogP contribution in [0, 0.1) is 0 Å². The molecule has 0 radical (unpaired) electrons. The summed E-state index contributed by atoms with van der Waals surface area (Å²) in [6, 6.07) is 10.7. The predicted molar refractivity (Wildman–Crippen MR) is 107 cm³/mol. The van der Waals surface area contributed by atoms with E-state index in [1.807, 2.05) is 24.4 Å². The number of carbonyl (C=O) groups excluding carboxylic acids is 1. The highest BCUT2D eigenvalue weighted by molar-refractivity contribution is 7.13. The van der Waals surface area contributed by atoms with Gasteiger partial charge < -0.3 is 14.6 Å². The Morgan fingerprint density at radius 2 is 2.07 bits per heavy atom. The summed E-state index contributed by atoms with van der Waals surface area (Å²) in [6.07, 6.45) is 0.944. The van der Waals surface area contributed by atoms with Gasteiger partial charge in [0.2, 0.25) is 0 Å². The molecule has 0 saturated carbocycles. The molecule has 0 aliphatic carbocycles. The first-order chi connectivity index (χ1) is 13.1. The van der Waals surface area contributed by atoms with Crippen molar-refractivity contribution in [1.82, 2.24) is 10.2 Å². The Hall–Kier alpha value is -2.22. The molecule has 0 aliphatic rings. The Morgan fingerprint density at radius 3 is 2.74 bits per heavy atom. The van der Waals surface area contributed by atoms with E-state index in [9.17, 15) is 4.79 Å². The van der Waals surface area contributed by atoms with Crippen LogP contribution in [0.5, 0.6) is 0 Å². The SMILES string of the molecule is CCC[NH+](Cc1nnc(-c2cccs2)o1)[C@H](C)C(=O)Nc1ccc(Cl)cc1. The summed E-state index contributed by atoms with van der Waals surface area (Å²) >= 11 is 7.45. The third-order valence-electron chi connectivity index (χ3n) is 4.27. The molecule has 0 aliphatic heterocycles. The number of halogens is 1. The number of hydrogen-bond acceptors (Lipinski definition) is 5. The number of anilines is 1. The zero-order valence-electron chi connectivity index (χ0n) is 15.2. The molecule has 2 N–H and O–H groups in total. The van der Waals surface area contributed by atoms with Crippen LogP contribution in [0.1, 0.15) is 26.2 Å². The predicted octanol–water partition coefficient (Wildman–Crippen LogP) is 3.27. The number of carbonyl (C=O) groups is 1. The number of nitrogens with one attached hydrogen (secondary N) is 2. The van der Waals surface area contributed by atoms with Gasteiger partial charge in [-0.3, -0.25) is 4.79 Å². The molecule has 2 heterocycles. The van der Waals surface area contributed by atoms with E-state index in [-0.39, 0.29) is 11.9 Å². The lowest BCUT2D eigenvalue weighted by atomic mass is 10.2. The van der Waals surface area contributed by atoms with E-state index in [1.54, 1.807) is 35.6 Å². The Bertz CT molecular complexity index is 864. The average Bonchev–Trinajstić information content (AvgIpc) is 3.34. The first-order valence-corrected chi connectivity index (χ1v) is 10.1. The average molecular weight is 406 g/mol. The molecule has 0 fully saturated rings. The number of amides is 1.